The fraction of sp³-hybridized carbons (Fsp3) is 0.0833. The molecule has 1 aromatic heterocycles. The van der Waals surface area contributed by atoms with Crippen molar-refractivity contribution in [2.75, 3.05) is 0 Å². The van der Waals surface area contributed by atoms with Crippen LogP contribution in [0.4, 0.5) is 4.39 Å². The predicted molar refractivity (Wildman–Crippen MR) is 67.0 cm³/mol. The standard InChI is InChI=1S/C12H8ClFO3S/c13-9-6-18-11(12(15)16)10(9)17-5-7-2-1-3-8(14)4-7/h1-4,6H,5H2,(H,15,16). The predicted octanol–water partition coefficient (Wildman–Crippen LogP) is 3.82. The van der Waals surface area contributed by atoms with Gasteiger partial charge in [0.15, 0.2) is 10.6 Å². The van der Waals surface area contributed by atoms with Crippen LogP contribution in [0.3, 0.4) is 0 Å². The molecule has 1 N–H and O–H groups in total. The molecule has 3 nitrogen and oxygen atoms in total. The molecule has 0 aliphatic rings. The van der Waals surface area contributed by atoms with Gasteiger partial charge in [0.05, 0.1) is 5.02 Å². The number of carboxylic acids is 1. The number of carboxylic acid groups (broad SMARTS) is 1. The van der Waals surface area contributed by atoms with E-state index in [1.165, 1.54) is 17.5 Å². The minimum Gasteiger partial charge on any atom is -0.486 e. The summed E-state index contributed by atoms with van der Waals surface area (Å²) in [5.41, 5.74) is 0.605. The zero-order valence-electron chi connectivity index (χ0n) is 9.02. The fourth-order valence-electron chi connectivity index (χ4n) is 1.39. The van der Waals surface area contributed by atoms with Gasteiger partial charge in [-0.15, -0.1) is 11.3 Å². The minimum atomic E-state index is -1.10. The Morgan fingerprint density at radius 1 is 1.50 bits per heavy atom. The van der Waals surface area contributed by atoms with Crippen LogP contribution < -0.4 is 4.74 Å². The lowest BCUT2D eigenvalue weighted by Gasteiger charge is -2.06. The summed E-state index contributed by atoms with van der Waals surface area (Å²) in [6, 6.07) is 5.88. The van der Waals surface area contributed by atoms with Crippen LogP contribution in [0.1, 0.15) is 15.2 Å². The van der Waals surface area contributed by atoms with Crippen LogP contribution in [0.5, 0.6) is 5.75 Å². The van der Waals surface area contributed by atoms with E-state index >= 15 is 0 Å². The van der Waals surface area contributed by atoms with E-state index in [9.17, 15) is 9.18 Å². The van der Waals surface area contributed by atoms with E-state index in [1.54, 1.807) is 12.1 Å². The van der Waals surface area contributed by atoms with Crippen LogP contribution in [0.2, 0.25) is 5.02 Å². The summed E-state index contributed by atoms with van der Waals surface area (Å²) in [6.07, 6.45) is 0. The Labute approximate surface area is 111 Å². The van der Waals surface area contributed by atoms with Gasteiger partial charge >= 0.3 is 5.97 Å². The second-order valence-electron chi connectivity index (χ2n) is 3.47. The Balaban J connectivity index is 2.15. The van der Waals surface area contributed by atoms with Crippen LogP contribution >= 0.6 is 22.9 Å². The molecule has 0 radical (unpaired) electrons. The molecule has 0 aliphatic carbocycles. The first-order chi connectivity index (χ1) is 8.58. The highest BCUT2D eigenvalue weighted by molar-refractivity contribution is 7.13. The van der Waals surface area contributed by atoms with Gasteiger partial charge in [0.1, 0.15) is 12.4 Å². The Kier molecular flexibility index (Phi) is 3.84. The molecule has 0 fully saturated rings. The van der Waals surface area contributed by atoms with Crippen LogP contribution in [-0.4, -0.2) is 11.1 Å². The number of thiophene rings is 1. The van der Waals surface area contributed by atoms with Crippen LogP contribution in [0, 0.1) is 5.82 Å². The van der Waals surface area contributed by atoms with Crippen LogP contribution in [0.15, 0.2) is 29.6 Å². The van der Waals surface area contributed by atoms with Crippen molar-refractivity contribution < 1.29 is 19.0 Å². The zero-order chi connectivity index (χ0) is 13.1. The van der Waals surface area contributed by atoms with E-state index in [1.807, 2.05) is 0 Å². The van der Waals surface area contributed by atoms with Gasteiger partial charge in [0, 0.05) is 5.38 Å². The van der Waals surface area contributed by atoms with Gasteiger partial charge in [-0.2, -0.15) is 0 Å². The summed E-state index contributed by atoms with van der Waals surface area (Å²) in [7, 11) is 0. The number of hydrogen-bond acceptors (Lipinski definition) is 3. The number of benzene rings is 1. The molecule has 2 aromatic rings. The van der Waals surface area contributed by atoms with Gasteiger partial charge in [-0.25, -0.2) is 9.18 Å². The van der Waals surface area contributed by atoms with Crippen molar-refractivity contribution in [1.82, 2.24) is 0 Å². The molecule has 0 saturated heterocycles. The monoisotopic (exact) mass is 286 g/mol. The second-order valence-corrected chi connectivity index (χ2v) is 4.75. The van der Waals surface area contributed by atoms with Crippen molar-refractivity contribution in [1.29, 1.82) is 0 Å². The highest BCUT2D eigenvalue weighted by atomic mass is 35.5. The first-order valence-corrected chi connectivity index (χ1v) is 6.21. The van der Waals surface area contributed by atoms with Crippen molar-refractivity contribution >= 4 is 28.9 Å². The van der Waals surface area contributed by atoms with E-state index in [-0.39, 0.29) is 28.1 Å². The van der Waals surface area contributed by atoms with E-state index in [0.29, 0.717) is 5.56 Å². The molecule has 0 spiro atoms. The van der Waals surface area contributed by atoms with Gasteiger partial charge in [-0.3, -0.25) is 0 Å². The van der Waals surface area contributed by atoms with Crippen molar-refractivity contribution in [2.45, 2.75) is 6.61 Å². The van der Waals surface area contributed by atoms with E-state index < -0.39 is 5.97 Å². The maximum atomic E-state index is 12.9. The molecule has 0 unspecified atom stereocenters. The van der Waals surface area contributed by atoms with E-state index in [0.717, 1.165) is 11.3 Å². The average molecular weight is 287 g/mol. The highest BCUT2D eigenvalue weighted by Gasteiger charge is 2.17. The zero-order valence-corrected chi connectivity index (χ0v) is 10.6. The molecule has 0 aliphatic heterocycles. The smallest absolute Gasteiger partial charge is 0.349 e. The molecule has 6 heteroatoms. The quantitative estimate of drug-likeness (QED) is 0.929. The largest absolute Gasteiger partial charge is 0.486 e. The lowest BCUT2D eigenvalue weighted by molar-refractivity contribution is 0.0697. The van der Waals surface area contributed by atoms with Gasteiger partial charge in [0.25, 0.3) is 0 Å². The Morgan fingerprint density at radius 3 is 2.94 bits per heavy atom. The van der Waals surface area contributed by atoms with E-state index in [4.69, 9.17) is 21.4 Å². The van der Waals surface area contributed by atoms with Crippen molar-refractivity contribution in [3.63, 3.8) is 0 Å². The number of carbonyl (C=O) groups is 1. The van der Waals surface area contributed by atoms with E-state index in [2.05, 4.69) is 0 Å². The maximum absolute atomic E-state index is 12.9. The SMILES string of the molecule is O=C(O)c1scc(Cl)c1OCc1cccc(F)c1. The lowest BCUT2D eigenvalue weighted by atomic mass is 10.2. The average Bonchev–Trinajstić information content (AvgIpc) is 2.68. The number of hydrogen-bond donors (Lipinski definition) is 1. The molecule has 0 atom stereocenters. The summed E-state index contributed by atoms with van der Waals surface area (Å²) in [5.74, 6) is -1.34. The normalized spacial score (nSPS) is 10.3. The van der Waals surface area contributed by atoms with Crippen molar-refractivity contribution in [3.8, 4) is 5.75 Å². The Hall–Kier alpha value is -1.59. The fourth-order valence-corrected chi connectivity index (χ4v) is 2.43. The third-order valence-corrected chi connectivity index (χ3v) is 3.53. The highest BCUT2D eigenvalue weighted by Crippen LogP contribution is 2.35. The number of rotatable bonds is 4. The first-order valence-electron chi connectivity index (χ1n) is 4.95. The van der Waals surface area contributed by atoms with Crippen molar-refractivity contribution in [2.24, 2.45) is 0 Å². The third-order valence-electron chi connectivity index (χ3n) is 2.17. The van der Waals surface area contributed by atoms with Gasteiger partial charge in [-0.1, -0.05) is 23.7 Å². The molecule has 1 aromatic carbocycles. The van der Waals surface area contributed by atoms with Gasteiger partial charge in [-0.05, 0) is 17.7 Å². The molecule has 1 heterocycles. The molecule has 94 valence electrons. The summed E-state index contributed by atoms with van der Waals surface area (Å²) < 4.78 is 18.3. The summed E-state index contributed by atoms with van der Waals surface area (Å²) in [6.45, 7) is 0.0640. The van der Waals surface area contributed by atoms with Crippen molar-refractivity contribution in [3.05, 3.63) is 50.9 Å². The number of aromatic carboxylic acids is 1. The van der Waals surface area contributed by atoms with Gasteiger partial charge in [0.2, 0.25) is 0 Å². The number of ether oxygens (including phenoxy) is 1. The van der Waals surface area contributed by atoms with Crippen LogP contribution in [0.25, 0.3) is 0 Å². The molecule has 0 amide bonds. The molecule has 18 heavy (non-hydrogen) atoms. The summed E-state index contributed by atoms with van der Waals surface area (Å²) in [4.78, 5) is 11.0. The molecular weight excluding hydrogens is 279 g/mol. The maximum Gasteiger partial charge on any atom is 0.349 e. The van der Waals surface area contributed by atoms with Crippen LogP contribution in [-0.2, 0) is 6.61 Å². The first kappa shape index (κ1) is 12.9. The third kappa shape index (κ3) is 2.80. The van der Waals surface area contributed by atoms with Gasteiger partial charge < -0.3 is 9.84 Å². The topological polar surface area (TPSA) is 46.5 Å². The summed E-state index contributed by atoms with van der Waals surface area (Å²) in [5, 5.41) is 10.7. The minimum absolute atomic E-state index is 0.0383. The summed E-state index contributed by atoms with van der Waals surface area (Å²) >= 11 is 6.83. The Morgan fingerprint density at radius 2 is 2.28 bits per heavy atom. The lowest BCUT2D eigenvalue weighted by Crippen LogP contribution is -2.00. The molecular formula is C12H8ClFO3S. The number of halogens is 2. The molecule has 0 bridgehead atoms. The molecule has 0 saturated carbocycles. The molecule has 2 rings (SSSR count). The second kappa shape index (κ2) is 5.37. The Bertz CT molecular complexity index is 582.